The number of rotatable bonds is 6. The Morgan fingerprint density at radius 1 is 1.38 bits per heavy atom. The van der Waals surface area contributed by atoms with Gasteiger partial charge in [-0.3, -0.25) is 9.36 Å². The van der Waals surface area contributed by atoms with Crippen LogP contribution in [-0.2, 0) is 11.3 Å². The molecule has 1 N–H and O–H groups in total. The molecule has 140 valence electrons. The van der Waals surface area contributed by atoms with Gasteiger partial charge in [0.2, 0.25) is 5.91 Å². The number of hydrogen-bond acceptors (Lipinski definition) is 4. The highest BCUT2D eigenvalue weighted by atomic mass is 35.5. The molecule has 0 saturated carbocycles. The van der Waals surface area contributed by atoms with Gasteiger partial charge in [-0.25, -0.2) is 0 Å². The van der Waals surface area contributed by atoms with Gasteiger partial charge in [-0.05, 0) is 45.9 Å². The van der Waals surface area contributed by atoms with Crippen molar-refractivity contribution in [3.8, 4) is 11.4 Å². The molecule has 2 rings (SSSR count). The van der Waals surface area contributed by atoms with Crippen LogP contribution in [0.4, 0.5) is 0 Å². The predicted molar refractivity (Wildman–Crippen MR) is 109 cm³/mol. The van der Waals surface area contributed by atoms with Crippen molar-refractivity contribution < 1.29 is 4.79 Å². The van der Waals surface area contributed by atoms with Crippen molar-refractivity contribution in [3.05, 3.63) is 40.9 Å². The first kappa shape index (κ1) is 20.8. The number of benzene rings is 1. The van der Waals surface area contributed by atoms with Gasteiger partial charge < -0.3 is 5.32 Å². The van der Waals surface area contributed by atoms with E-state index >= 15 is 0 Å². The van der Waals surface area contributed by atoms with E-state index in [9.17, 15) is 4.79 Å². The summed E-state index contributed by atoms with van der Waals surface area (Å²) in [6.45, 7) is 12.0. The Hall–Kier alpha value is -1.50. The smallest absolute Gasteiger partial charge is 0.233 e. The summed E-state index contributed by atoms with van der Waals surface area (Å²) in [6.07, 6.45) is 1.75. The Labute approximate surface area is 168 Å². The van der Waals surface area contributed by atoms with E-state index in [1.807, 2.05) is 32.3 Å². The predicted octanol–water partition coefficient (Wildman–Crippen LogP) is 4.83. The zero-order chi connectivity index (χ0) is 19.5. The van der Waals surface area contributed by atoms with Crippen molar-refractivity contribution in [1.82, 2.24) is 20.1 Å². The molecule has 26 heavy (non-hydrogen) atoms. The van der Waals surface area contributed by atoms with Crippen molar-refractivity contribution in [2.24, 2.45) is 0 Å². The molecule has 0 aliphatic heterocycles. The molecule has 1 atom stereocenters. The minimum Gasteiger partial charge on any atom is -0.351 e. The number of carbonyl (C=O) groups excluding carboxylic acids is 1. The number of halogens is 2. The molecular weight excluding hydrogens is 391 g/mol. The molecule has 0 aliphatic rings. The molecule has 8 heteroatoms. The zero-order valence-electron chi connectivity index (χ0n) is 15.2. The molecule has 5 nitrogen and oxygen atoms in total. The van der Waals surface area contributed by atoms with Gasteiger partial charge >= 0.3 is 0 Å². The van der Waals surface area contributed by atoms with Crippen molar-refractivity contribution in [2.75, 3.05) is 0 Å². The lowest BCUT2D eigenvalue weighted by atomic mass is 10.1. The third-order valence-electron chi connectivity index (χ3n) is 3.35. The van der Waals surface area contributed by atoms with E-state index in [4.69, 9.17) is 23.2 Å². The standard InChI is InChI=1S/C18H22Cl2N4OS/c1-6-9-24-15(13-8-7-12(19)10-14(13)20)22-23-17(24)26-11(2)16(25)21-18(3,4)5/h6-8,10-11H,1,9H2,2-5H3,(H,21,25)/t11-/m1/s1. The number of hydrogen-bond donors (Lipinski definition) is 1. The molecule has 0 bridgehead atoms. The van der Waals surface area contributed by atoms with Crippen LogP contribution in [0.2, 0.25) is 10.0 Å². The summed E-state index contributed by atoms with van der Waals surface area (Å²) in [6, 6.07) is 5.22. The van der Waals surface area contributed by atoms with E-state index < -0.39 is 0 Å². The fourth-order valence-corrected chi connectivity index (χ4v) is 3.57. The van der Waals surface area contributed by atoms with E-state index in [2.05, 4.69) is 22.1 Å². The number of aromatic nitrogens is 3. The van der Waals surface area contributed by atoms with Crippen LogP contribution >= 0.6 is 35.0 Å². The van der Waals surface area contributed by atoms with E-state index in [0.29, 0.717) is 27.6 Å². The van der Waals surface area contributed by atoms with Gasteiger partial charge in [0.1, 0.15) is 0 Å². The first-order valence-corrected chi connectivity index (χ1v) is 9.74. The summed E-state index contributed by atoms with van der Waals surface area (Å²) in [4.78, 5) is 12.4. The third kappa shape index (κ3) is 5.25. The van der Waals surface area contributed by atoms with Crippen LogP contribution in [0.25, 0.3) is 11.4 Å². The highest BCUT2D eigenvalue weighted by Gasteiger charge is 2.24. The number of amides is 1. The summed E-state index contributed by atoms with van der Waals surface area (Å²) < 4.78 is 1.88. The Morgan fingerprint density at radius 2 is 2.08 bits per heavy atom. The zero-order valence-corrected chi connectivity index (χ0v) is 17.5. The maximum atomic E-state index is 12.4. The first-order chi connectivity index (χ1) is 12.1. The van der Waals surface area contributed by atoms with Gasteiger partial charge in [0, 0.05) is 22.7 Å². The van der Waals surface area contributed by atoms with E-state index in [0.717, 1.165) is 5.56 Å². The molecular formula is C18H22Cl2N4OS. The Bertz CT molecular complexity index is 814. The third-order valence-corrected chi connectivity index (χ3v) is 4.98. The Balaban J connectivity index is 2.31. The molecule has 0 radical (unpaired) electrons. The van der Waals surface area contributed by atoms with Gasteiger partial charge in [0.15, 0.2) is 11.0 Å². The number of nitrogens with zero attached hydrogens (tertiary/aromatic N) is 3. The van der Waals surface area contributed by atoms with Crippen LogP contribution in [0.1, 0.15) is 27.7 Å². The SMILES string of the molecule is C=CCn1c(S[C@H](C)C(=O)NC(C)(C)C)nnc1-c1ccc(Cl)cc1Cl. The molecule has 0 saturated heterocycles. The second kappa shape index (κ2) is 8.46. The average Bonchev–Trinajstić information content (AvgIpc) is 2.89. The molecule has 1 aromatic heterocycles. The summed E-state index contributed by atoms with van der Waals surface area (Å²) >= 11 is 13.6. The second-order valence-corrected chi connectivity index (χ2v) is 8.98. The molecule has 1 amide bonds. The lowest BCUT2D eigenvalue weighted by molar-refractivity contribution is -0.121. The molecule has 0 fully saturated rings. The van der Waals surface area contributed by atoms with Gasteiger partial charge in [-0.1, -0.05) is 41.0 Å². The lowest BCUT2D eigenvalue weighted by Crippen LogP contribution is -2.44. The van der Waals surface area contributed by atoms with Gasteiger partial charge in [0.05, 0.1) is 10.3 Å². The number of thioether (sulfide) groups is 1. The first-order valence-electron chi connectivity index (χ1n) is 8.10. The second-order valence-electron chi connectivity index (χ2n) is 6.83. The molecule has 1 heterocycles. The monoisotopic (exact) mass is 412 g/mol. The number of allylic oxidation sites excluding steroid dienone is 1. The normalized spacial score (nSPS) is 12.7. The van der Waals surface area contributed by atoms with Crippen molar-refractivity contribution in [3.63, 3.8) is 0 Å². The Morgan fingerprint density at radius 3 is 2.65 bits per heavy atom. The molecule has 0 aliphatic carbocycles. The minimum absolute atomic E-state index is 0.0540. The maximum Gasteiger partial charge on any atom is 0.233 e. The quantitative estimate of drug-likeness (QED) is 0.544. The van der Waals surface area contributed by atoms with Gasteiger partial charge in [-0.2, -0.15) is 0 Å². The van der Waals surface area contributed by atoms with Crippen molar-refractivity contribution in [2.45, 2.75) is 50.2 Å². The van der Waals surface area contributed by atoms with Gasteiger partial charge in [-0.15, -0.1) is 16.8 Å². The van der Waals surface area contributed by atoms with E-state index in [-0.39, 0.29) is 16.7 Å². The van der Waals surface area contributed by atoms with E-state index in [1.54, 1.807) is 24.3 Å². The topological polar surface area (TPSA) is 59.8 Å². The fourth-order valence-electron chi connectivity index (χ4n) is 2.22. The summed E-state index contributed by atoms with van der Waals surface area (Å²) in [5, 5.41) is 12.8. The van der Waals surface area contributed by atoms with Crippen molar-refractivity contribution >= 4 is 40.9 Å². The largest absolute Gasteiger partial charge is 0.351 e. The Kier molecular flexibility index (Phi) is 6.77. The van der Waals surface area contributed by atoms with Crippen molar-refractivity contribution in [1.29, 1.82) is 0 Å². The van der Waals surface area contributed by atoms with Crippen LogP contribution in [-0.4, -0.2) is 31.5 Å². The van der Waals surface area contributed by atoms with Crippen LogP contribution < -0.4 is 5.32 Å². The molecule has 0 spiro atoms. The molecule has 2 aromatic rings. The van der Waals surface area contributed by atoms with Crippen LogP contribution in [0.3, 0.4) is 0 Å². The molecule has 1 aromatic carbocycles. The summed E-state index contributed by atoms with van der Waals surface area (Å²) in [5.41, 5.74) is 0.437. The minimum atomic E-state index is -0.324. The number of nitrogens with one attached hydrogen (secondary N) is 1. The summed E-state index contributed by atoms with van der Waals surface area (Å²) in [7, 11) is 0. The highest BCUT2D eigenvalue weighted by Crippen LogP contribution is 2.32. The van der Waals surface area contributed by atoms with Crippen LogP contribution in [0, 0.1) is 0 Å². The number of carbonyl (C=O) groups is 1. The molecule has 0 unspecified atom stereocenters. The summed E-state index contributed by atoms with van der Waals surface area (Å²) in [5.74, 6) is 0.555. The van der Waals surface area contributed by atoms with E-state index in [1.165, 1.54) is 11.8 Å². The average molecular weight is 413 g/mol. The van der Waals surface area contributed by atoms with Crippen LogP contribution in [0.5, 0.6) is 0 Å². The highest BCUT2D eigenvalue weighted by molar-refractivity contribution is 8.00. The van der Waals surface area contributed by atoms with Gasteiger partial charge in [0.25, 0.3) is 0 Å². The van der Waals surface area contributed by atoms with Crippen LogP contribution in [0.15, 0.2) is 36.0 Å². The fraction of sp³-hybridized carbons (Fsp3) is 0.389. The lowest BCUT2D eigenvalue weighted by Gasteiger charge is -2.22. The maximum absolute atomic E-state index is 12.4.